The van der Waals surface area contributed by atoms with Gasteiger partial charge >= 0.3 is 6.18 Å². The molecule has 0 fully saturated rings. The molecule has 1 amide bonds. The molecule has 4 aromatic rings. The van der Waals surface area contributed by atoms with E-state index in [4.69, 9.17) is 14.2 Å². The largest absolute Gasteiger partial charge is 0.493 e. The van der Waals surface area contributed by atoms with E-state index in [1.54, 1.807) is 18.2 Å². The molecule has 1 N–H and O–H groups in total. The van der Waals surface area contributed by atoms with Gasteiger partial charge < -0.3 is 19.5 Å². The van der Waals surface area contributed by atoms with Crippen LogP contribution in [0.2, 0.25) is 0 Å². The molecule has 1 unspecified atom stereocenters. The number of fused-ring (bicyclic) bond motifs is 1. The monoisotopic (exact) mass is 550 g/mol. The third-order valence-electron chi connectivity index (χ3n) is 6.67. The van der Waals surface area contributed by atoms with Gasteiger partial charge in [-0.15, -0.1) is 0 Å². The number of hydrazone groups is 1. The second kappa shape index (κ2) is 10.8. The molecule has 0 saturated heterocycles. The highest BCUT2D eigenvalue weighted by atomic mass is 19.4. The Morgan fingerprint density at radius 2 is 1.73 bits per heavy atom. The number of methoxy groups -OCH3 is 3. The third kappa shape index (κ3) is 5.09. The number of hydrogen-bond donors (Lipinski definition) is 1. The molecule has 3 aromatic carbocycles. The summed E-state index contributed by atoms with van der Waals surface area (Å²) in [5.41, 5.74) is 2.96. The second-order valence-corrected chi connectivity index (χ2v) is 9.00. The number of pyridine rings is 1. The molecule has 1 aliphatic heterocycles. The lowest BCUT2D eigenvalue weighted by atomic mass is 9.97. The molecule has 1 atom stereocenters. The lowest BCUT2D eigenvalue weighted by Crippen LogP contribution is -2.17. The second-order valence-electron chi connectivity index (χ2n) is 9.00. The molecule has 0 spiro atoms. The molecule has 0 radical (unpaired) electrons. The van der Waals surface area contributed by atoms with Crippen LogP contribution in [-0.4, -0.2) is 43.4 Å². The molecule has 1 aromatic heterocycles. The lowest BCUT2D eigenvalue weighted by molar-refractivity contribution is -0.137. The highest BCUT2D eigenvalue weighted by Gasteiger charge is 2.31. The summed E-state index contributed by atoms with van der Waals surface area (Å²) in [7, 11) is 4.57. The lowest BCUT2D eigenvalue weighted by Gasteiger charge is -2.19. The van der Waals surface area contributed by atoms with Crippen molar-refractivity contribution in [3.05, 3.63) is 83.6 Å². The first-order valence-corrected chi connectivity index (χ1v) is 12.2. The van der Waals surface area contributed by atoms with Crippen LogP contribution in [0.5, 0.6) is 17.2 Å². The topological polar surface area (TPSA) is 85.3 Å². The Kier molecular flexibility index (Phi) is 7.20. The molecule has 0 saturated carbocycles. The normalized spacial score (nSPS) is 15.1. The number of rotatable bonds is 8. The van der Waals surface area contributed by atoms with E-state index in [1.165, 1.54) is 38.6 Å². The van der Waals surface area contributed by atoms with Crippen LogP contribution in [0.4, 0.5) is 24.5 Å². The maximum atomic E-state index is 13.2. The van der Waals surface area contributed by atoms with Crippen molar-refractivity contribution in [3.8, 4) is 17.2 Å². The predicted octanol–water partition coefficient (Wildman–Crippen LogP) is 6.33. The van der Waals surface area contributed by atoms with E-state index in [0.717, 1.165) is 23.3 Å². The molecule has 2 heterocycles. The van der Waals surface area contributed by atoms with Crippen LogP contribution < -0.4 is 19.5 Å². The first kappa shape index (κ1) is 26.8. The number of anilines is 2. The van der Waals surface area contributed by atoms with Gasteiger partial charge in [0.2, 0.25) is 12.2 Å². The van der Waals surface area contributed by atoms with E-state index in [1.807, 2.05) is 24.3 Å². The number of benzene rings is 3. The zero-order chi connectivity index (χ0) is 28.4. The van der Waals surface area contributed by atoms with Gasteiger partial charge in [-0.1, -0.05) is 18.2 Å². The van der Waals surface area contributed by atoms with E-state index < -0.39 is 11.7 Å². The fourth-order valence-electron chi connectivity index (χ4n) is 4.73. The van der Waals surface area contributed by atoms with Crippen LogP contribution in [0.1, 0.15) is 29.2 Å². The SMILES string of the molecule is COc1cc(C2=NN(C=O)C(c3cccc(Nc4ccnc5cc(C(F)(F)F)ccc45)c3)C2)cc(OC)c1OC. The molecule has 8 nitrogen and oxygen atoms in total. The summed E-state index contributed by atoms with van der Waals surface area (Å²) < 4.78 is 55.8. The van der Waals surface area contributed by atoms with Crippen molar-refractivity contribution >= 4 is 34.4 Å². The van der Waals surface area contributed by atoms with Gasteiger partial charge in [0.1, 0.15) is 0 Å². The summed E-state index contributed by atoms with van der Waals surface area (Å²) in [5.74, 6) is 1.39. The van der Waals surface area contributed by atoms with Crippen LogP contribution in [0.15, 0.2) is 72.0 Å². The third-order valence-corrected chi connectivity index (χ3v) is 6.67. The van der Waals surface area contributed by atoms with Gasteiger partial charge in [-0.3, -0.25) is 9.78 Å². The van der Waals surface area contributed by atoms with E-state index in [0.29, 0.717) is 52.6 Å². The average molecular weight is 551 g/mol. The molecule has 40 heavy (non-hydrogen) atoms. The minimum absolute atomic E-state index is 0.224. The maximum Gasteiger partial charge on any atom is 0.416 e. The van der Waals surface area contributed by atoms with Crippen LogP contribution >= 0.6 is 0 Å². The number of amides is 1. The Bertz CT molecular complexity index is 1580. The number of nitrogens with zero attached hydrogens (tertiary/aromatic N) is 3. The van der Waals surface area contributed by atoms with Crippen LogP contribution in [0.3, 0.4) is 0 Å². The molecule has 1 aliphatic rings. The van der Waals surface area contributed by atoms with Crippen molar-refractivity contribution in [2.24, 2.45) is 5.10 Å². The smallest absolute Gasteiger partial charge is 0.416 e. The number of nitrogens with one attached hydrogen (secondary N) is 1. The maximum absolute atomic E-state index is 13.2. The van der Waals surface area contributed by atoms with Gasteiger partial charge in [0.15, 0.2) is 11.5 Å². The summed E-state index contributed by atoms with van der Waals surface area (Å²) in [5, 5.41) is 9.71. The van der Waals surface area contributed by atoms with E-state index >= 15 is 0 Å². The zero-order valence-corrected chi connectivity index (χ0v) is 21.8. The molecular formula is C29H25F3N4O4. The number of carbonyl (C=O) groups excluding carboxylic acids is 1. The number of halogens is 3. The summed E-state index contributed by atoms with van der Waals surface area (Å²) in [4.78, 5) is 16.1. The Morgan fingerprint density at radius 3 is 2.38 bits per heavy atom. The van der Waals surface area contributed by atoms with E-state index in [2.05, 4.69) is 15.4 Å². The zero-order valence-electron chi connectivity index (χ0n) is 21.8. The summed E-state index contributed by atoms with van der Waals surface area (Å²) in [6.07, 6.45) is -1.90. The van der Waals surface area contributed by atoms with Crippen LogP contribution in [0, 0.1) is 0 Å². The minimum Gasteiger partial charge on any atom is -0.493 e. The fourth-order valence-corrected chi connectivity index (χ4v) is 4.73. The highest BCUT2D eigenvalue weighted by molar-refractivity contribution is 6.03. The van der Waals surface area contributed by atoms with Crippen LogP contribution in [-0.2, 0) is 11.0 Å². The molecule has 0 aliphatic carbocycles. The molecule has 5 rings (SSSR count). The van der Waals surface area contributed by atoms with E-state index in [-0.39, 0.29) is 11.6 Å². The number of ether oxygens (including phenoxy) is 3. The number of hydrogen-bond acceptors (Lipinski definition) is 7. The Hall–Kier alpha value is -4.80. The molecule has 11 heteroatoms. The molecule has 0 bridgehead atoms. The standard InChI is InChI=1S/C29H25F3N4O4/c1-38-26-12-18(13-27(39-2)28(26)40-3)23-15-25(36(16-37)35-23)17-5-4-6-20(11-17)34-22-9-10-33-24-14-19(29(30,31)32)7-8-21(22)24/h4-14,16,25H,15H2,1-3H3,(H,33,34). The number of aromatic nitrogens is 1. The molecular weight excluding hydrogens is 525 g/mol. The summed E-state index contributed by atoms with van der Waals surface area (Å²) >= 11 is 0. The highest BCUT2D eigenvalue weighted by Crippen LogP contribution is 2.41. The molecule has 206 valence electrons. The Labute approximate surface area is 228 Å². The summed E-state index contributed by atoms with van der Waals surface area (Å²) in [6, 6.07) is 15.8. The minimum atomic E-state index is -4.46. The average Bonchev–Trinajstić information content (AvgIpc) is 3.40. The fraction of sp³-hybridized carbons (Fsp3) is 0.207. The van der Waals surface area contributed by atoms with E-state index in [9.17, 15) is 18.0 Å². The van der Waals surface area contributed by atoms with Gasteiger partial charge in [0.05, 0.1) is 44.2 Å². The first-order valence-electron chi connectivity index (χ1n) is 12.2. The predicted molar refractivity (Wildman–Crippen MR) is 144 cm³/mol. The summed E-state index contributed by atoms with van der Waals surface area (Å²) in [6.45, 7) is 0. The number of alkyl halides is 3. The van der Waals surface area contributed by atoms with Gasteiger partial charge in [0, 0.05) is 34.9 Å². The van der Waals surface area contributed by atoms with Gasteiger partial charge in [0.25, 0.3) is 0 Å². The van der Waals surface area contributed by atoms with Crippen molar-refractivity contribution in [1.82, 2.24) is 9.99 Å². The van der Waals surface area contributed by atoms with Crippen molar-refractivity contribution in [1.29, 1.82) is 0 Å². The van der Waals surface area contributed by atoms with Gasteiger partial charge in [-0.25, -0.2) is 5.01 Å². The van der Waals surface area contributed by atoms with Crippen molar-refractivity contribution in [3.63, 3.8) is 0 Å². The first-order chi connectivity index (χ1) is 19.2. The Morgan fingerprint density at radius 1 is 0.975 bits per heavy atom. The quantitative estimate of drug-likeness (QED) is 0.258. The van der Waals surface area contributed by atoms with Crippen molar-refractivity contribution in [2.45, 2.75) is 18.6 Å². The Balaban J connectivity index is 1.42. The van der Waals surface area contributed by atoms with Crippen molar-refractivity contribution < 1.29 is 32.2 Å². The van der Waals surface area contributed by atoms with Crippen molar-refractivity contribution in [2.75, 3.05) is 26.6 Å². The number of carbonyl (C=O) groups is 1. The van der Waals surface area contributed by atoms with Gasteiger partial charge in [-0.2, -0.15) is 18.3 Å². The van der Waals surface area contributed by atoms with Gasteiger partial charge in [-0.05, 0) is 48.0 Å². The van der Waals surface area contributed by atoms with Crippen LogP contribution in [0.25, 0.3) is 10.9 Å².